The van der Waals surface area contributed by atoms with E-state index < -0.39 is 5.54 Å². The van der Waals surface area contributed by atoms with Gasteiger partial charge in [-0.05, 0) is 44.6 Å². The molecule has 1 aliphatic carbocycles. The largest absolute Gasteiger partial charge is 0.354 e. The Balaban J connectivity index is 1.41. The second-order valence-electron chi connectivity index (χ2n) is 7.61. The van der Waals surface area contributed by atoms with Gasteiger partial charge >= 0.3 is 0 Å². The number of hydrogen-bond donors (Lipinski definition) is 2. The average Bonchev–Trinajstić information content (AvgIpc) is 3.18. The standard InChI is InChI=1S/C18H31N5O/c1-22-12-10-20-16(22)14-23-11-4-5-15(13-23)6-9-21-17(24)18(19)7-2-3-8-18/h10,12,15H,2-9,11,13-14,19H2,1H3,(H,21,24). The molecule has 2 aliphatic rings. The van der Waals surface area contributed by atoms with Crippen LogP contribution >= 0.6 is 0 Å². The van der Waals surface area contributed by atoms with E-state index in [1.165, 1.54) is 12.8 Å². The van der Waals surface area contributed by atoms with Crippen molar-refractivity contribution in [3.63, 3.8) is 0 Å². The molecule has 1 amide bonds. The van der Waals surface area contributed by atoms with Crippen LogP contribution in [0.3, 0.4) is 0 Å². The van der Waals surface area contributed by atoms with Gasteiger partial charge in [0.15, 0.2) is 0 Å². The van der Waals surface area contributed by atoms with E-state index >= 15 is 0 Å². The minimum Gasteiger partial charge on any atom is -0.354 e. The first-order chi connectivity index (χ1) is 11.6. The normalized spacial score (nSPS) is 24.2. The van der Waals surface area contributed by atoms with Crippen molar-refractivity contribution in [1.82, 2.24) is 19.8 Å². The number of nitrogens with one attached hydrogen (secondary N) is 1. The molecule has 1 saturated heterocycles. The van der Waals surface area contributed by atoms with Crippen LogP contribution in [0.1, 0.15) is 50.8 Å². The third-order valence-corrected chi connectivity index (χ3v) is 5.68. The van der Waals surface area contributed by atoms with Crippen LogP contribution in [-0.2, 0) is 18.4 Å². The van der Waals surface area contributed by atoms with Crippen molar-refractivity contribution in [3.8, 4) is 0 Å². The summed E-state index contributed by atoms with van der Waals surface area (Å²) in [6.45, 7) is 3.90. The smallest absolute Gasteiger partial charge is 0.240 e. The van der Waals surface area contributed by atoms with E-state index in [4.69, 9.17) is 5.73 Å². The summed E-state index contributed by atoms with van der Waals surface area (Å²) >= 11 is 0. The molecule has 134 valence electrons. The molecule has 1 aromatic rings. The van der Waals surface area contributed by atoms with Crippen LogP contribution in [0.4, 0.5) is 0 Å². The number of nitrogens with two attached hydrogens (primary N) is 1. The third kappa shape index (κ3) is 4.16. The maximum Gasteiger partial charge on any atom is 0.240 e. The van der Waals surface area contributed by atoms with E-state index in [0.29, 0.717) is 5.92 Å². The molecule has 3 rings (SSSR count). The summed E-state index contributed by atoms with van der Waals surface area (Å²) in [5.74, 6) is 1.83. The Bertz CT molecular complexity index is 549. The van der Waals surface area contributed by atoms with Gasteiger partial charge in [-0.15, -0.1) is 0 Å². The van der Waals surface area contributed by atoms with Gasteiger partial charge in [-0.1, -0.05) is 12.8 Å². The summed E-state index contributed by atoms with van der Waals surface area (Å²) in [6.07, 6.45) is 11.2. The molecule has 1 unspecified atom stereocenters. The van der Waals surface area contributed by atoms with Gasteiger partial charge in [-0.2, -0.15) is 0 Å². The predicted molar refractivity (Wildman–Crippen MR) is 94.2 cm³/mol. The molecule has 0 bridgehead atoms. The van der Waals surface area contributed by atoms with Gasteiger partial charge in [-0.25, -0.2) is 4.98 Å². The van der Waals surface area contributed by atoms with Crippen LogP contribution in [0.25, 0.3) is 0 Å². The molecule has 1 aliphatic heterocycles. The van der Waals surface area contributed by atoms with Gasteiger partial charge in [-0.3, -0.25) is 9.69 Å². The van der Waals surface area contributed by atoms with Gasteiger partial charge in [0.25, 0.3) is 0 Å². The molecule has 0 spiro atoms. The number of aryl methyl sites for hydroxylation is 1. The van der Waals surface area contributed by atoms with E-state index in [9.17, 15) is 4.79 Å². The number of piperidine rings is 1. The number of nitrogens with zero attached hydrogens (tertiary/aromatic N) is 3. The molecule has 2 heterocycles. The first kappa shape index (κ1) is 17.4. The highest BCUT2D eigenvalue weighted by molar-refractivity contribution is 5.86. The van der Waals surface area contributed by atoms with Crippen molar-refractivity contribution in [2.45, 2.75) is 57.0 Å². The Labute approximate surface area is 144 Å². The number of imidazole rings is 1. The highest BCUT2D eigenvalue weighted by atomic mass is 16.2. The summed E-state index contributed by atoms with van der Waals surface area (Å²) in [5, 5.41) is 3.08. The zero-order chi connectivity index (χ0) is 17.0. The number of hydrogen-bond acceptors (Lipinski definition) is 4. The minimum atomic E-state index is -0.600. The molecule has 1 aromatic heterocycles. The van der Waals surface area contributed by atoms with Crippen molar-refractivity contribution in [3.05, 3.63) is 18.2 Å². The summed E-state index contributed by atoms with van der Waals surface area (Å²) in [5.41, 5.74) is 5.60. The van der Waals surface area contributed by atoms with Gasteiger partial charge in [0.2, 0.25) is 5.91 Å². The summed E-state index contributed by atoms with van der Waals surface area (Å²) in [4.78, 5) is 19.2. The first-order valence-corrected chi connectivity index (χ1v) is 9.32. The minimum absolute atomic E-state index is 0.0562. The maximum absolute atomic E-state index is 12.3. The quantitative estimate of drug-likeness (QED) is 0.825. The van der Waals surface area contributed by atoms with Crippen molar-refractivity contribution in [2.75, 3.05) is 19.6 Å². The molecular weight excluding hydrogens is 302 g/mol. The molecule has 6 nitrogen and oxygen atoms in total. The van der Waals surface area contributed by atoms with E-state index in [1.54, 1.807) is 0 Å². The summed E-state index contributed by atoms with van der Waals surface area (Å²) < 4.78 is 2.09. The van der Waals surface area contributed by atoms with Gasteiger partial charge in [0.05, 0.1) is 12.1 Å². The molecule has 0 radical (unpaired) electrons. The third-order valence-electron chi connectivity index (χ3n) is 5.68. The number of aromatic nitrogens is 2. The van der Waals surface area contributed by atoms with Crippen LogP contribution in [0.5, 0.6) is 0 Å². The summed E-state index contributed by atoms with van der Waals surface area (Å²) in [6, 6.07) is 0. The van der Waals surface area contributed by atoms with Gasteiger partial charge in [0, 0.05) is 32.5 Å². The summed E-state index contributed by atoms with van der Waals surface area (Å²) in [7, 11) is 2.05. The Morgan fingerprint density at radius 1 is 1.42 bits per heavy atom. The zero-order valence-electron chi connectivity index (χ0n) is 14.8. The molecule has 0 aromatic carbocycles. The topological polar surface area (TPSA) is 76.2 Å². The second-order valence-corrected chi connectivity index (χ2v) is 7.61. The molecular formula is C18H31N5O. The molecule has 1 saturated carbocycles. The number of likely N-dealkylation sites (tertiary alicyclic amines) is 1. The number of rotatable bonds is 6. The fraction of sp³-hybridized carbons (Fsp3) is 0.778. The van der Waals surface area contributed by atoms with E-state index in [0.717, 1.165) is 64.1 Å². The van der Waals surface area contributed by atoms with Crippen LogP contribution < -0.4 is 11.1 Å². The van der Waals surface area contributed by atoms with E-state index in [-0.39, 0.29) is 5.91 Å². The Hall–Kier alpha value is -1.40. The van der Waals surface area contributed by atoms with Crippen LogP contribution in [-0.4, -0.2) is 45.5 Å². The molecule has 2 fully saturated rings. The fourth-order valence-corrected chi connectivity index (χ4v) is 4.08. The van der Waals surface area contributed by atoms with Crippen LogP contribution in [0.2, 0.25) is 0 Å². The Kier molecular flexibility index (Phi) is 5.56. The van der Waals surface area contributed by atoms with E-state index in [2.05, 4.69) is 19.8 Å². The molecule has 24 heavy (non-hydrogen) atoms. The molecule has 1 atom stereocenters. The van der Waals surface area contributed by atoms with Crippen molar-refractivity contribution in [2.24, 2.45) is 18.7 Å². The predicted octanol–water partition coefficient (Wildman–Crippen LogP) is 1.41. The lowest BCUT2D eigenvalue weighted by molar-refractivity contribution is -0.126. The fourth-order valence-electron chi connectivity index (χ4n) is 4.08. The highest BCUT2D eigenvalue weighted by Crippen LogP contribution is 2.27. The highest BCUT2D eigenvalue weighted by Gasteiger charge is 2.36. The Morgan fingerprint density at radius 3 is 2.92 bits per heavy atom. The number of amides is 1. The number of carbonyl (C=O) groups excluding carboxylic acids is 1. The van der Waals surface area contributed by atoms with Gasteiger partial charge in [0.1, 0.15) is 5.82 Å². The van der Waals surface area contributed by atoms with Crippen LogP contribution in [0, 0.1) is 5.92 Å². The lowest BCUT2D eigenvalue weighted by Crippen LogP contribution is -2.52. The number of carbonyl (C=O) groups is 1. The molecule has 3 N–H and O–H groups in total. The zero-order valence-corrected chi connectivity index (χ0v) is 14.8. The monoisotopic (exact) mass is 333 g/mol. The first-order valence-electron chi connectivity index (χ1n) is 9.32. The Morgan fingerprint density at radius 2 is 2.21 bits per heavy atom. The second kappa shape index (κ2) is 7.66. The van der Waals surface area contributed by atoms with Gasteiger partial charge < -0.3 is 15.6 Å². The lowest BCUT2D eigenvalue weighted by Gasteiger charge is -2.32. The van der Waals surface area contributed by atoms with Crippen LogP contribution in [0.15, 0.2) is 12.4 Å². The average molecular weight is 333 g/mol. The van der Waals surface area contributed by atoms with Crippen molar-refractivity contribution < 1.29 is 4.79 Å². The lowest BCUT2D eigenvalue weighted by atomic mass is 9.94. The molecule has 6 heteroatoms. The maximum atomic E-state index is 12.3. The van der Waals surface area contributed by atoms with E-state index in [1.807, 2.05) is 19.4 Å². The van der Waals surface area contributed by atoms with Crippen molar-refractivity contribution in [1.29, 1.82) is 0 Å². The SMILES string of the molecule is Cn1ccnc1CN1CCCC(CCNC(=O)C2(N)CCCC2)C1. The van der Waals surface area contributed by atoms with Crippen molar-refractivity contribution >= 4 is 5.91 Å².